The van der Waals surface area contributed by atoms with Crippen LogP contribution in [0.3, 0.4) is 0 Å². The topological polar surface area (TPSA) is 57.6 Å². The van der Waals surface area contributed by atoms with E-state index in [4.69, 9.17) is 0 Å². The van der Waals surface area contributed by atoms with Crippen molar-refractivity contribution in [1.29, 1.82) is 0 Å². The lowest BCUT2D eigenvalue weighted by Crippen LogP contribution is -2.41. The Kier molecular flexibility index (Phi) is 5.11. The molecule has 29 heavy (non-hydrogen) atoms. The van der Waals surface area contributed by atoms with Gasteiger partial charge in [-0.15, -0.1) is 0 Å². The predicted octanol–water partition coefficient (Wildman–Crippen LogP) is 4.76. The molecule has 0 aliphatic carbocycles. The third kappa shape index (κ3) is 3.52. The molecule has 4 nitrogen and oxygen atoms in total. The average molecular weight is 450 g/mol. The van der Waals surface area contributed by atoms with Gasteiger partial charge in [0.15, 0.2) is 11.4 Å². The van der Waals surface area contributed by atoms with Gasteiger partial charge in [-0.2, -0.15) is 0 Å². The number of hydrogen-bond donors (Lipinski definition) is 1. The number of para-hydroxylation sites is 1. The van der Waals surface area contributed by atoms with Crippen LogP contribution in [0, 0.1) is 6.92 Å². The number of amides is 1. The third-order valence-electron chi connectivity index (χ3n) is 5.41. The molecule has 3 aromatic rings. The second kappa shape index (κ2) is 7.58. The van der Waals surface area contributed by atoms with E-state index in [-0.39, 0.29) is 12.2 Å². The fraction of sp³-hybridized carbons (Fsp3) is 0.167. The molecule has 5 heteroatoms. The van der Waals surface area contributed by atoms with E-state index in [1.165, 1.54) is 0 Å². The Bertz CT molecular complexity index is 1090. The van der Waals surface area contributed by atoms with Crippen LogP contribution >= 0.6 is 15.9 Å². The normalized spacial score (nSPS) is 18.0. The smallest absolute Gasteiger partial charge is 0.264 e. The second-order valence-electron chi connectivity index (χ2n) is 7.30. The van der Waals surface area contributed by atoms with E-state index in [1.807, 2.05) is 43.3 Å². The molecule has 146 valence electrons. The van der Waals surface area contributed by atoms with E-state index in [9.17, 15) is 14.7 Å². The van der Waals surface area contributed by atoms with Gasteiger partial charge in [-0.05, 0) is 36.2 Å². The molecule has 0 radical (unpaired) electrons. The Labute approximate surface area is 177 Å². The maximum absolute atomic E-state index is 13.3. The van der Waals surface area contributed by atoms with Crippen molar-refractivity contribution in [3.63, 3.8) is 0 Å². The van der Waals surface area contributed by atoms with E-state index in [0.29, 0.717) is 23.4 Å². The van der Waals surface area contributed by atoms with Crippen LogP contribution in [-0.2, 0) is 16.9 Å². The fourth-order valence-corrected chi connectivity index (χ4v) is 4.03. The number of hydrogen-bond acceptors (Lipinski definition) is 3. The predicted molar refractivity (Wildman–Crippen MR) is 116 cm³/mol. The summed E-state index contributed by atoms with van der Waals surface area (Å²) in [5.41, 5.74) is 1.78. The number of nitrogens with zero attached hydrogens (tertiary/aromatic N) is 1. The largest absolute Gasteiger partial charge is 0.375 e. The number of ketones is 1. The zero-order valence-electron chi connectivity index (χ0n) is 15.9. The minimum absolute atomic E-state index is 0.277. The Morgan fingerprint density at radius 2 is 1.66 bits per heavy atom. The van der Waals surface area contributed by atoms with Crippen molar-refractivity contribution < 1.29 is 14.7 Å². The van der Waals surface area contributed by atoms with Crippen molar-refractivity contribution in [1.82, 2.24) is 0 Å². The fourth-order valence-electron chi connectivity index (χ4n) is 3.76. The van der Waals surface area contributed by atoms with Gasteiger partial charge in [0.25, 0.3) is 5.91 Å². The molecule has 0 saturated carbocycles. The van der Waals surface area contributed by atoms with Crippen molar-refractivity contribution in [3.05, 3.63) is 99.5 Å². The molecule has 1 N–H and O–H groups in total. The van der Waals surface area contributed by atoms with Crippen LogP contribution in [0.4, 0.5) is 5.69 Å². The van der Waals surface area contributed by atoms with Crippen molar-refractivity contribution in [2.24, 2.45) is 0 Å². The average Bonchev–Trinajstić information content (AvgIpc) is 2.92. The van der Waals surface area contributed by atoms with Crippen molar-refractivity contribution in [3.8, 4) is 0 Å². The lowest BCUT2D eigenvalue weighted by molar-refractivity contribution is -0.136. The molecule has 0 aromatic heterocycles. The molecule has 0 fully saturated rings. The first-order valence-corrected chi connectivity index (χ1v) is 10.2. The summed E-state index contributed by atoms with van der Waals surface area (Å²) in [5, 5.41) is 11.4. The minimum Gasteiger partial charge on any atom is -0.375 e. The lowest BCUT2D eigenvalue weighted by atomic mass is 9.88. The van der Waals surface area contributed by atoms with Crippen LogP contribution in [-0.4, -0.2) is 16.8 Å². The molecule has 1 aliphatic rings. The van der Waals surface area contributed by atoms with Crippen LogP contribution in [0.2, 0.25) is 0 Å². The van der Waals surface area contributed by atoms with E-state index in [2.05, 4.69) is 15.9 Å². The van der Waals surface area contributed by atoms with Crippen molar-refractivity contribution >= 4 is 33.3 Å². The molecule has 1 atom stereocenters. The number of carbonyl (C=O) groups is 2. The van der Waals surface area contributed by atoms with Gasteiger partial charge < -0.3 is 10.0 Å². The van der Waals surface area contributed by atoms with Gasteiger partial charge in [0.1, 0.15) is 0 Å². The summed E-state index contributed by atoms with van der Waals surface area (Å²) in [4.78, 5) is 27.8. The Morgan fingerprint density at radius 3 is 2.38 bits per heavy atom. The van der Waals surface area contributed by atoms with Gasteiger partial charge >= 0.3 is 0 Å². The lowest BCUT2D eigenvalue weighted by Gasteiger charge is -2.23. The molecule has 1 amide bonds. The molecule has 0 bridgehead atoms. The summed E-state index contributed by atoms with van der Waals surface area (Å²) in [6.45, 7) is 2.34. The summed E-state index contributed by atoms with van der Waals surface area (Å²) < 4.78 is 0.861. The maximum Gasteiger partial charge on any atom is 0.264 e. The van der Waals surface area contributed by atoms with Gasteiger partial charge in [-0.25, -0.2) is 0 Å². The molecular weight excluding hydrogens is 430 g/mol. The first kappa shape index (κ1) is 19.6. The summed E-state index contributed by atoms with van der Waals surface area (Å²) >= 11 is 3.35. The van der Waals surface area contributed by atoms with Crippen LogP contribution < -0.4 is 4.90 Å². The van der Waals surface area contributed by atoms with E-state index in [1.54, 1.807) is 41.3 Å². The maximum atomic E-state index is 13.3. The first-order valence-electron chi connectivity index (χ1n) is 9.37. The zero-order chi connectivity index (χ0) is 20.6. The summed E-state index contributed by atoms with van der Waals surface area (Å²) in [6.07, 6.45) is -0.297. The number of Topliss-reactive ketones (excluding diaryl/α,β-unsaturated/α-hetero) is 1. The summed E-state index contributed by atoms with van der Waals surface area (Å²) in [6, 6.07) is 21.9. The Hall–Kier alpha value is -2.76. The number of anilines is 1. The van der Waals surface area contributed by atoms with Crippen molar-refractivity contribution in [2.45, 2.75) is 25.5 Å². The summed E-state index contributed by atoms with van der Waals surface area (Å²) in [7, 11) is 0. The number of halogens is 1. The highest BCUT2D eigenvalue weighted by Gasteiger charge is 2.50. The molecule has 1 heterocycles. The highest BCUT2D eigenvalue weighted by atomic mass is 79.9. The monoisotopic (exact) mass is 449 g/mol. The first-order chi connectivity index (χ1) is 13.9. The van der Waals surface area contributed by atoms with Crippen LogP contribution in [0.5, 0.6) is 0 Å². The highest BCUT2D eigenvalue weighted by molar-refractivity contribution is 9.10. The molecule has 0 spiro atoms. The molecule has 0 unspecified atom stereocenters. The van der Waals surface area contributed by atoms with E-state index in [0.717, 1.165) is 15.6 Å². The van der Waals surface area contributed by atoms with Gasteiger partial charge in [0.05, 0.1) is 18.7 Å². The second-order valence-corrected chi connectivity index (χ2v) is 8.22. The third-order valence-corrected chi connectivity index (χ3v) is 5.94. The van der Waals surface area contributed by atoms with Crippen LogP contribution in [0.25, 0.3) is 0 Å². The molecular formula is C24H20BrNO3. The van der Waals surface area contributed by atoms with Gasteiger partial charge in [0.2, 0.25) is 0 Å². The van der Waals surface area contributed by atoms with Gasteiger partial charge in [0, 0.05) is 15.6 Å². The Balaban J connectivity index is 1.69. The molecule has 0 saturated heterocycles. The SMILES string of the molecule is Cc1ccccc1CN1C(=O)[C@@](O)(CC(=O)c2ccc(Br)cc2)c2ccccc21. The van der Waals surface area contributed by atoms with Crippen LogP contribution in [0.1, 0.15) is 33.5 Å². The number of rotatable bonds is 5. The number of aryl methyl sites for hydroxylation is 1. The van der Waals surface area contributed by atoms with E-state index >= 15 is 0 Å². The Morgan fingerprint density at radius 1 is 1.00 bits per heavy atom. The highest BCUT2D eigenvalue weighted by Crippen LogP contribution is 2.43. The minimum atomic E-state index is -1.87. The van der Waals surface area contributed by atoms with Gasteiger partial charge in [-0.3, -0.25) is 9.59 Å². The zero-order valence-corrected chi connectivity index (χ0v) is 17.5. The molecule has 4 rings (SSSR count). The number of carbonyl (C=O) groups excluding carboxylic acids is 2. The van der Waals surface area contributed by atoms with Crippen LogP contribution in [0.15, 0.2) is 77.3 Å². The molecule has 3 aromatic carbocycles. The quantitative estimate of drug-likeness (QED) is 0.570. The van der Waals surface area contributed by atoms with E-state index < -0.39 is 11.5 Å². The standard InChI is InChI=1S/C24H20BrNO3/c1-16-6-2-3-7-18(16)15-26-21-9-5-4-8-20(21)24(29,23(26)28)14-22(27)17-10-12-19(25)13-11-17/h2-13,29H,14-15H2,1H3/t24-/m1/s1. The number of benzene rings is 3. The number of fused-ring (bicyclic) bond motifs is 1. The summed E-state index contributed by atoms with van der Waals surface area (Å²) in [5.74, 6) is -0.742. The molecule has 1 aliphatic heterocycles. The van der Waals surface area contributed by atoms with Gasteiger partial charge in [-0.1, -0.05) is 70.5 Å². The van der Waals surface area contributed by atoms with Crippen molar-refractivity contribution in [2.75, 3.05) is 4.90 Å². The number of aliphatic hydroxyl groups is 1.